The summed E-state index contributed by atoms with van der Waals surface area (Å²) in [4.78, 5) is 20.7. The van der Waals surface area contributed by atoms with Gasteiger partial charge in [-0.1, -0.05) is 51.6 Å². The first kappa shape index (κ1) is 17.3. The maximum absolute atomic E-state index is 12.3. The number of rotatable bonds is 4. The van der Waals surface area contributed by atoms with Gasteiger partial charge in [0.1, 0.15) is 11.6 Å². The highest BCUT2D eigenvalue weighted by atomic mass is 32.2. The van der Waals surface area contributed by atoms with Crippen molar-refractivity contribution >= 4 is 29.3 Å². The molecule has 0 aliphatic heterocycles. The van der Waals surface area contributed by atoms with Crippen molar-refractivity contribution in [3.63, 3.8) is 0 Å². The average Bonchev–Trinajstić information content (AvgIpc) is 2.46. The minimum absolute atomic E-state index is 0.0579. The van der Waals surface area contributed by atoms with E-state index in [2.05, 4.69) is 36.1 Å². The van der Waals surface area contributed by atoms with E-state index in [1.54, 1.807) is 6.07 Å². The van der Waals surface area contributed by atoms with Crippen LogP contribution in [0.15, 0.2) is 35.5 Å². The molecule has 0 radical (unpaired) electrons. The number of hydrogen-bond donors (Lipinski definition) is 2. The van der Waals surface area contributed by atoms with Gasteiger partial charge >= 0.3 is 0 Å². The van der Waals surface area contributed by atoms with Crippen LogP contribution >= 0.6 is 11.8 Å². The van der Waals surface area contributed by atoms with Gasteiger partial charge in [-0.25, -0.2) is 9.97 Å². The molecule has 2 aromatic rings. The zero-order valence-electron chi connectivity index (χ0n) is 13.9. The fourth-order valence-corrected chi connectivity index (χ4v) is 2.60. The Bertz CT molecular complexity index is 693. The molecule has 0 aliphatic rings. The second-order valence-corrected chi connectivity index (χ2v) is 7.41. The van der Waals surface area contributed by atoms with Crippen LogP contribution in [0.4, 0.5) is 11.6 Å². The Morgan fingerprint density at radius 3 is 2.43 bits per heavy atom. The van der Waals surface area contributed by atoms with Gasteiger partial charge in [0.25, 0.3) is 5.91 Å². The Hall–Kier alpha value is -2.08. The zero-order valence-corrected chi connectivity index (χ0v) is 14.7. The van der Waals surface area contributed by atoms with Gasteiger partial charge in [0.15, 0.2) is 5.16 Å². The average molecular weight is 330 g/mol. The van der Waals surface area contributed by atoms with Crippen molar-refractivity contribution in [1.82, 2.24) is 9.97 Å². The maximum atomic E-state index is 12.3. The van der Waals surface area contributed by atoms with Crippen LogP contribution in [0.2, 0.25) is 0 Å². The minimum Gasteiger partial charge on any atom is -0.383 e. The normalized spacial score (nSPS) is 11.3. The van der Waals surface area contributed by atoms with E-state index in [4.69, 9.17) is 5.73 Å². The molecule has 0 bridgehead atoms. The molecule has 3 N–H and O–H groups in total. The van der Waals surface area contributed by atoms with Gasteiger partial charge in [-0.05, 0) is 28.9 Å². The van der Waals surface area contributed by atoms with Gasteiger partial charge in [-0.3, -0.25) is 4.79 Å². The third kappa shape index (κ3) is 4.69. The molecule has 1 heterocycles. The predicted molar refractivity (Wildman–Crippen MR) is 95.9 cm³/mol. The van der Waals surface area contributed by atoms with Crippen LogP contribution in [-0.4, -0.2) is 21.6 Å². The minimum atomic E-state index is -0.212. The molecule has 1 aromatic carbocycles. The van der Waals surface area contributed by atoms with E-state index in [1.165, 1.54) is 17.3 Å². The van der Waals surface area contributed by atoms with Gasteiger partial charge in [-0.2, -0.15) is 0 Å². The fourth-order valence-electron chi connectivity index (χ4n) is 2.01. The summed E-state index contributed by atoms with van der Waals surface area (Å²) in [5.74, 6) is 1.38. The number of amides is 1. The lowest BCUT2D eigenvalue weighted by atomic mass is 9.87. The molecule has 0 saturated heterocycles. The molecular formula is C17H22N4OS. The van der Waals surface area contributed by atoms with Crippen LogP contribution < -0.4 is 11.1 Å². The third-order valence-corrected chi connectivity index (χ3v) is 3.98. The molecular weight excluding hydrogens is 308 g/mol. The van der Waals surface area contributed by atoms with E-state index in [0.29, 0.717) is 22.4 Å². The van der Waals surface area contributed by atoms with Crippen LogP contribution in [0.25, 0.3) is 0 Å². The first-order valence-corrected chi connectivity index (χ1v) is 8.47. The Balaban J connectivity index is 2.16. The van der Waals surface area contributed by atoms with Crippen LogP contribution in [0.5, 0.6) is 0 Å². The van der Waals surface area contributed by atoms with Crippen LogP contribution in [0.1, 0.15) is 43.6 Å². The lowest BCUT2D eigenvalue weighted by Crippen LogP contribution is -2.15. The van der Waals surface area contributed by atoms with Crippen LogP contribution in [0.3, 0.4) is 0 Å². The molecule has 23 heavy (non-hydrogen) atoms. The van der Waals surface area contributed by atoms with E-state index in [9.17, 15) is 4.79 Å². The molecule has 1 amide bonds. The molecule has 0 unspecified atom stereocenters. The summed E-state index contributed by atoms with van der Waals surface area (Å²) >= 11 is 1.48. The van der Waals surface area contributed by atoms with Gasteiger partial charge in [0, 0.05) is 11.6 Å². The lowest BCUT2D eigenvalue weighted by Gasteiger charge is -2.19. The Morgan fingerprint density at radius 2 is 1.87 bits per heavy atom. The van der Waals surface area contributed by atoms with Crippen molar-refractivity contribution in [2.45, 2.75) is 38.3 Å². The SMILES string of the molecule is CCSc1nc(N)cc(NC(=O)c2ccc(C(C)(C)C)cc2)n1. The smallest absolute Gasteiger partial charge is 0.256 e. The monoisotopic (exact) mass is 330 g/mol. The summed E-state index contributed by atoms with van der Waals surface area (Å²) in [6.07, 6.45) is 0. The maximum Gasteiger partial charge on any atom is 0.256 e. The van der Waals surface area contributed by atoms with Crippen LogP contribution in [-0.2, 0) is 5.41 Å². The number of thioether (sulfide) groups is 1. The summed E-state index contributed by atoms with van der Waals surface area (Å²) < 4.78 is 0. The number of carbonyl (C=O) groups excluding carboxylic acids is 1. The first-order chi connectivity index (χ1) is 10.8. The van der Waals surface area contributed by atoms with Gasteiger partial charge in [0.2, 0.25) is 0 Å². The molecule has 122 valence electrons. The molecule has 6 heteroatoms. The van der Waals surface area contributed by atoms with E-state index in [0.717, 1.165) is 5.75 Å². The molecule has 0 spiro atoms. The first-order valence-electron chi connectivity index (χ1n) is 7.49. The molecule has 0 aliphatic carbocycles. The number of aromatic nitrogens is 2. The number of anilines is 2. The number of carbonyl (C=O) groups is 1. The van der Waals surface area contributed by atoms with Gasteiger partial charge in [0.05, 0.1) is 0 Å². The fraction of sp³-hybridized carbons (Fsp3) is 0.353. The third-order valence-electron chi connectivity index (χ3n) is 3.25. The topological polar surface area (TPSA) is 80.9 Å². The Labute approximate surface area is 141 Å². The largest absolute Gasteiger partial charge is 0.383 e. The number of nitrogen functional groups attached to an aromatic ring is 1. The highest BCUT2D eigenvalue weighted by Crippen LogP contribution is 2.23. The highest BCUT2D eigenvalue weighted by molar-refractivity contribution is 7.99. The molecule has 1 aromatic heterocycles. The molecule has 2 rings (SSSR count). The molecule has 0 saturated carbocycles. The molecule has 0 atom stereocenters. The predicted octanol–water partition coefficient (Wildman–Crippen LogP) is 3.72. The van der Waals surface area contributed by atoms with Crippen molar-refractivity contribution in [3.05, 3.63) is 41.5 Å². The second-order valence-electron chi connectivity index (χ2n) is 6.18. The van der Waals surface area contributed by atoms with Gasteiger partial charge < -0.3 is 11.1 Å². The van der Waals surface area contributed by atoms with Crippen molar-refractivity contribution in [2.24, 2.45) is 0 Å². The van der Waals surface area contributed by atoms with Crippen molar-refractivity contribution < 1.29 is 4.79 Å². The number of hydrogen-bond acceptors (Lipinski definition) is 5. The summed E-state index contributed by atoms with van der Waals surface area (Å²) in [5.41, 5.74) is 7.58. The number of nitrogens with one attached hydrogen (secondary N) is 1. The standard InChI is InChI=1S/C17H22N4OS/c1-5-23-16-19-13(18)10-14(21-16)20-15(22)11-6-8-12(9-7-11)17(2,3)4/h6-10H,5H2,1-4H3,(H3,18,19,20,21,22). The number of benzene rings is 1. The number of nitrogens with two attached hydrogens (primary N) is 1. The quantitative estimate of drug-likeness (QED) is 0.659. The molecule has 0 fully saturated rings. The van der Waals surface area contributed by atoms with E-state index < -0.39 is 0 Å². The van der Waals surface area contributed by atoms with Crippen molar-refractivity contribution in [1.29, 1.82) is 0 Å². The van der Waals surface area contributed by atoms with Crippen molar-refractivity contribution in [3.8, 4) is 0 Å². The zero-order chi connectivity index (χ0) is 17.0. The lowest BCUT2D eigenvalue weighted by molar-refractivity contribution is 0.102. The van der Waals surface area contributed by atoms with E-state index in [-0.39, 0.29) is 11.3 Å². The van der Waals surface area contributed by atoms with E-state index >= 15 is 0 Å². The number of nitrogens with zero attached hydrogens (tertiary/aromatic N) is 2. The Morgan fingerprint density at radius 1 is 1.22 bits per heavy atom. The Kier molecular flexibility index (Phi) is 5.26. The molecule has 5 nitrogen and oxygen atoms in total. The van der Waals surface area contributed by atoms with Gasteiger partial charge in [-0.15, -0.1) is 0 Å². The highest BCUT2D eigenvalue weighted by Gasteiger charge is 2.15. The van der Waals surface area contributed by atoms with Crippen molar-refractivity contribution in [2.75, 3.05) is 16.8 Å². The summed E-state index contributed by atoms with van der Waals surface area (Å²) in [6, 6.07) is 9.15. The summed E-state index contributed by atoms with van der Waals surface area (Å²) in [5, 5.41) is 3.33. The van der Waals surface area contributed by atoms with Crippen LogP contribution in [0, 0.1) is 0 Å². The summed E-state index contributed by atoms with van der Waals surface area (Å²) in [6.45, 7) is 8.42. The summed E-state index contributed by atoms with van der Waals surface area (Å²) in [7, 11) is 0. The second kappa shape index (κ2) is 7.00. The van der Waals surface area contributed by atoms with E-state index in [1.807, 2.05) is 31.2 Å².